The molecule has 0 aromatic rings. The molecule has 3 heterocycles. The zero-order valence-corrected chi connectivity index (χ0v) is 21.0. The Balaban J connectivity index is 2.09. The highest BCUT2D eigenvalue weighted by Crippen LogP contribution is 2.33. The Morgan fingerprint density at radius 3 is 1.73 bits per heavy atom. The van der Waals surface area contributed by atoms with E-state index in [1.165, 1.54) is 0 Å². The fourth-order valence-corrected chi connectivity index (χ4v) is 5.15. The minimum Gasteiger partial charge on any atom is -0.394 e. The highest BCUT2D eigenvalue weighted by molar-refractivity contribution is 5.88. The van der Waals surface area contributed by atoms with Crippen molar-refractivity contribution >= 4 is 11.8 Å². The summed E-state index contributed by atoms with van der Waals surface area (Å²) >= 11 is 0. The molecule has 0 radical (unpaired) electrons. The van der Waals surface area contributed by atoms with Crippen LogP contribution in [0.4, 0.5) is 0 Å². The predicted molar refractivity (Wildman–Crippen MR) is 121 cm³/mol. The number of aliphatic hydroxyl groups excluding tert-OH is 12. The van der Waals surface area contributed by atoms with Crippen LogP contribution in [0.2, 0.25) is 0 Å². The van der Waals surface area contributed by atoms with Crippen LogP contribution in [-0.2, 0) is 23.8 Å². The largest absolute Gasteiger partial charge is 0.394 e. The first-order chi connectivity index (χ1) is 18.7. The van der Waals surface area contributed by atoms with Crippen LogP contribution in [0.3, 0.4) is 0 Å². The lowest BCUT2D eigenvalue weighted by molar-refractivity contribution is -0.291. The second-order valence-electron chi connectivity index (χ2n) is 9.82. The third-order valence-electron chi connectivity index (χ3n) is 7.22. The first kappa shape index (κ1) is 32.8. The van der Waals surface area contributed by atoms with Crippen molar-refractivity contribution in [2.24, 2.45) is 0 Å². The molecular formula is C21H36N2O17. The molecule has 16 atom stereocenters. The molecule has 40 heavy (non-hydrogen) atoms. The highest BCUT2D eigenvalue weighted by Gasteiger charge is 2.58. The van der Waals surface area contributed by atoms with E-state index in [1.54, 1.807) is 0 Å². The standard InChI is InChI=1S/C21H36N2O17/c1-4(26)23(8-11(30)20(36)39-16(8)6(28)3-25)9(17-13(32)12(31)14(33)21(37)40-17)18(34)22-7-10(29)19(35)38-15(7)5(27)2-24/h5-17,19-21,24-25,27-33,35-37H,2-3H2,1H3,(H,22,34)/t5-,6-,7+,8+,9?,10-,11-,12+,13-,14-,15-,16-,17+,19+,20+,21+/m1/s1. The molecule has 3 saturated heterocycles. The van der Waals surface area contributed by atoms with Crippen molar-refractivity contribution in [3.05, 3.63) is 0 Å². The van der Waals surface area contributed by atoms with Crippen LogP contribution in [0, 0.1) is 0 Å². The molecule has 0 aliphatic carbocycles. The Morgan fingerprint density at radius 2 is 1.18 bits per heavy atom. The van der Waals surface area contributed by atoms with Gasteiger partial charge in [0.25, 0.3) is 0 Å². The molecule has 3 fully saturated rings. The summed E-state index contributed by atoms with van der Waals surface area (Å²) in [4.78, 5) is 27.2. The molecule has 2 amide bonds. The van der Waals surface area contributed by atoms with Crippen molar-refractivity contribution in [3.8, 4) is 0 Å². The lowest BCUT2D eigenvalue weighted by atomic mass is 9.89. The highest BCUT2D eigenvalue weighted by atomic mass is 16.7. The van der Waals surface area contributed by atoms with Crippen molar-refractivity contribution < 1.29 is 85.1 Å². The van der Waals surface area contributed by atoms with Crippen molar-refractivity contribution in [1.29, 1.82) is 0 Å². The number of carbonyl (C=O) groups excluding carboxylic acids is 2. The van der Waals surface area contributed by atoms with Gasteiger partial charge in [-0.3, -0.25) is 9.59 Å². The van der Waals surface area contributed by atoms with Crippen molar-refractivity contribution in [2.75, 3.05) is 13.2 Å². The molecule has 1 unspecified atom stereocenters. The Bertz CT molecular complexity index is 884. The number of hydrogen-bond donors (Lipinski definition) is 13. The smallest absolute Gasteiger partial charge is 0.246 e. The van der Waals surface area contributed by atoms with E-state index in [0.29, 0.717) is 4.90 Å². The molecule has 3 rings (SSSR count). The first-order valence-electron chi connectivity index (χ1n) is 12.3. The van der Waals surface area contributed by atoms with Crippen LogP contribution in [0.15, 0.2) is 0 Å². The number of nitrogens with zero attached hydrogens (tertiary/aromatic N) is 1. The quantitative estimate of drug-likeness (QED) is 0.119. The van der Waals surface area contributed by atoms with Crippen LogP contribution in [0.5, 0.6) is 0 Å². The van der Waals surface area contributed by atoms with Gasteiger partial charge in [-0.15, -0.1) is 0 Å². The zero-order valence-electron chi connectivity index (χ0n) is 21.0. The third kappa shape index (κ3) is 6.09. The van der Waals surface area contributed by atoms with E-state index in [2.05, 4.69) is 5.32 Å². The van der Waals surface area contributed by atoms with E-state index in [-0.39, 0.29) is 0 Å². The Morgan fingerprint density at radius 1 is 0.700 bits per heavy atom. The van der Waals surface area contributed by atoms with Gasteiger partial charge in [0, 0.05) is 6.92 Å². The van der Waals surface area contributed by atoms with Crippen LogP contribution in [0.25, 0.3) is 0 Å². The summed E-state index contributed by atoms with van der Waals surface area (Å²) in [5, 5.41) is 123. The monoisotopic (exact) mass is 588 g/mol. The van der Waals surface area contributed by atoms with Gasteiger partial charge in [0.15, 0.2) is 18.9 Å². The molecular weight excluding hydrogens is 552 g/mol. The Kier molecular flexibility index (Phi) is 10.8. The van der Waals surface area contributed by atoms with Crippen LogP contribution in [-0.4, -0.2) is 189 Å². The molecule has 0 aromatic carbocycles. The SMILES string of the molecule is CC(=O)N(C(C(=O)N[C@H]1[C@@H](O)[C@@H](O)O[C@@H]1[C@H](O)CO)[C@@H]1O[C@H](O)[C@H](O)[C@@H](O)[C@H]1O)[C@H]1[C@@H](O)[C@@H](O)O[C@@H]1[C@H](O)CO. The second-order valence-corrected chi connectivity index (χ2v) is 9.82. The maximum absolute atomic E-state index is 13.8. The number of nitrogens with one attached hydrogen (secondary N) is 1. The van der Waals surface area contributed by atoms with E-state index >= 15 is 0 Å². The third-order valence-corrected chi connectivity index (χ3v) is 7.22. The number of amides is 2. The maximum atomic E-state index is 13.8. The molecule has 232 valence electrons. The number of aliphatic hydroxyl groups is 12. The zero-order chi connectivity index (χ0) is 30.2. The molecule has 0 saturated carbocycles. The van der Waals surface area contributed by atoms with Gasteiger partial charge >= 0.3 is 0 Å². The van der Waals surface area contributed by atoms with Crippen molar-refractivity contribution in [3.63, 3.8) is 0 Å². The minimum atomic E-state index is -2.23. The molecule has 0 bridgehead atoms. The lowest BCUT2D eigenvalue weighted by Gasteiger charge is -2.47. The summed E-state index contributed by atoms with van der Waals surface area (Å²) < 4.78 is 15.2. The number of ether oxygens (including phenoxy) is 3. The summed E-state index contributed by atoms with van der Waals surface area (Å²) in [5.41, 5.74) is 0. The average Bonchev–Trinajstić information content (AvgIpc) is 3.36. The van der Waals surface area contributed by atoms with Crippen LogP contribution >= 0.6 is 0 Å². The van der Waals surface area contributed by atoms with Gasteiger partial charge in [0.1, 0.15) is 67.1 Å². The number of rotatable bonds is 9. The topological polar surface area (TPSA) is 320 Å². The molecule has 0 aromatic heterocycles. The Labute approximate surface area is 226 Å². The van der Waals surface area contributed by atoms with Gasteiger partial charge in [0.2, 0.25) is 11.8 Å². The normalized spacial score (nSPS) is 44.2. The lowest BCUT2D eigenvalue weighted by Crippen LogP contribution is -2.71. The summed E-state index contributed by atoms with van der Waals surface area (Å²) in [5.74, 6) is -2.49. The van der Waals surface area contributed by atoms with E-state index in [9.17, 15) is 70.9 Å². The fourth-order valence-electron chi connectivity index (χ4n) is 5.15. The number of hydrogen-bond acceptors (Lipinski definition) is 17. The van der Waals surface area contributed by atoms with Gasteiger partial charge < -0.3 is 85.7 Å². The summed E-state index contributed by atoms with van der Waals surface area (Å²) in [6.45, 7) is -1.09. The fraction of sp³-hybridized carbons (Fsp3) is 0.905. The molecule has 13 N–H and O–H groups in total. The maximum Gasteiger partial charge on any atom is 0.246 e. The predicted octanol–water partition coefficient (Wildman–Crippen LogP) is -9.28. The van der Waals surface area contributed by atoms with Gasteiger partial charge in [0.05, 0.1) is 25.3 Å². The Hall–Kier alpha value is -1.66. The molecule has 19 nitrogen and oxygen atoms in total. The van der Waals surface area contributed by atoms with Gasteiger partial charge in [-0.25, -0.2) is 0 Å². The van der Waals surface area contributed by atoms with Gasteiger partial charge in [-0.05, 0) is 0 Å². The average molecular weight is 589 g/mol. The van der Waals surface area contributed by atoms with Crippen molar-refractivity contribution in [2.45, 2.75) is 105 Å². The second kappa shape index (κ2) is 13.1. The minimum absolute atomic E-state index is 0.473. The molecule has 3 aliphatic rings. The van der Waals surface area contributed by atoms with Gasteiger partial charge in [-0.1, -0.05) is 0 Å². The summed E-state index contributed by atoms with van der Waals surface area (Å²) in [7, 11) is 0. The first-order valence-corrected chi connectivity index (χ1v) is 12.3. The molecule has 19 heteroatoms. The van der Waals surface area contributed by atoms with E-state index < -0.39 is 123 Å². The number of carbonyl (C=O) groups is 2. The van der Waals surface area contributed by atoms with Crippen molar-refractivity contribution in [1.82, 2.24) is 10.2 Å². The van der Waals surface area contributed by atoms with Crippen LogP contribution in [0.1, 0.15) is 6.92 Å². The van der Waals surface area contributed by atoms with Crippen LogP contribution < -0.4 is 5.32 Å². The van der Waals surface area contributed by atoms with E-state index in [0.717, 1.165) is 6.92 Å². The van der Waals surface area contributed by atoms with Gasteiger partial charge in [-0.2, -0.15) is 0 Å². The summed E-state index contributed by atoms with van der Waals surface area (Å²) in [6, 6.07) is -5.77. The van der Waals surface area contributed by atoms with E-state index in [1.807, 2.05) is 0 Å². The molecule has 3 aliphatic heterocycles. The van der Waals surface area contributed by atoms with E-state index in [4.69, 9.17) is 14.2 Å². The molecule has 0 spiro atoms. The summed E-state index contributed by atoms with van der Waals surface area (Å²) in [6.07, 6.45) is -25.7.